The van der Waals surface area contributed by atoms with Crippen molar-refractivity contribution in [1.29, 1.82) is 0 Å². The van der Waals surface area contributed by atoms with Crippen molar-refractivity contribution in [1.82, 2.24) is 4.98 Å². The lowest BCUT2D eigenvalue weighted by molar-refractivity contribution is -0.132. The number of rotatable bonds is 4. The Kier molecular flexibility index (Phi) is 5.32. The molecule has 1 N–H and O–H groups in total. The second kappa shape index (κ2) is 7.93. The van der Waals surface area contributed by atoms with Gasteiger partial charge in [0.05, 0.1) is 18.7 Å². The zero-order valence-electron chi connectivity index (χ0n) is 16.1. The summed E-state index contributed by atoms with van der Waals surface area (Å²) in [6.07, 6.45) is 1.56. The molecule has 30 heavy (non-hydrogen) atoms. The number of thiazole rings is 1. The lowest BCUT2D eigenvalue weighted by Gasteiger charge is -2.23. The van der Waals surface area contributed by atoms with E-state index in [-0.39, 0.29) is 11.3 Å². The van der Waals surface area contributed by atoms with E-state index >= 15 is 0 Å². The average Bonchev–Trinajstić information content (AvgIpc) is 3.35. The number of amides is 1. The van der Waals surface area contributed by atoms with Crippen LogP contribution in [0.25, 0.3) is 5.76 Å². The fourth-order valence-electron chi connectivity index (χ4n) is 3.51. The van der Waals surface area contributed by atoms with Crippen molar-refractivity contribution in [3.05, 3.63) is 81.3 Å². The topological polar surface area (TPSA) is 79.7 Å². The molecule has 0 spiro atoms. The summed E-state index contributed by atoms with van der Waals surface area (Å²) in [5, 5.41) is 13.7. The fraction of sp³-hybridized carbons (Fsp3) is 0.136. The monoisotopic (exact) mass is 440 g/mol. The van der Waals surface area contributed by atoms with Gasteiger partial charge in [-0.2, -0.15) is 0 Å². The molecule has 1 atom stereocenters. The van der Waals surface area contributed by atoms with E-state index in [0.717, 1.165) is 5.56 Å². The maximum absolute atomic E-state index is 13.0. The number of ketones is 1. The third-order valence-corrected chi connectivity index (χ3v) is 5.95. The first-order valence-corrected chi connectivity index (χ1v) is 10.3. The summed E-state index contributed by atoms with van der Waals surface area (Å²) in [6.45, 7) is 1.83. The number of aryl methyl sites for hydroxylation is 1. The maximum atomic E-state index is 13.0. The van der Waals surface area contributed by atoms with Crippen LogP contribution in [0.3, 0.4) is 0 Å². The van der Waals surface area contributed by atoms with E-state index in [9.17, 15) is 14.7 Å². The Hall–Kier alpha value is -3.16. The Labute approximate surface area is 182 Å². The van der Waals surface area contributed by atoms with Crippen LogP contribution >= 0.6 is 22.9 Å². The molecule has 6 nitrogen and oxygen atoms in total. The van der Waals surface area contributed by atoms with Crippen molar-refractivity contribution in [3.8, 4) is 5.75 Å². The highest BCUT2D eigenvalue weighted by molar-refractivity contribution is 7.14. The molecule has 0 saturated carbocycles. The van der Waals surface area contributed by atoms with Crippen molar-refractivity contribution in [2.24, 2.45) is 0 Å². The molecule has 1 saturated heterocycles. The number of hydrogen-bond acceptors (Lipinski definition) is 6. The third kappa shape index (κ3) is 3.36. The first-order chi connectivity index (χ1) is 14.4. The normalized spacial score (nSPS) is 18.1. The Morgan fingerprint density at radius 1 is 1.20 bits per heavy atom. The first kappa shape index (κ1) is 20.1. The highest BCUT2D eigenvalue weighted by Crippen LogP contribution is 2.43. The van der Waals surface area contributed by atoms with Gasteiger partial charge in [0, 0.05) is 22.2 Å². The molecule has 1 fully saturated rings. The van der Waals surface area contributed by atoms with Crippen molar-refractivity contribution < 1.29 is 19.4 Å². The molecule has 1 aliphatic heterocycles. The van der Waals surface area contributed by atoms with E-state index in [1.807, 2.05) is 6.92 Å². The number of Topliss-reactive ketones (excluding diaryl/α,β-unsaturated/α-hetero) is 1. The Bertz CT molecular complexity index is 1160. The summed E-state index contributed by atoms with van der Waals surface area (Å²) >= 11 is 7.26. The van der Waals surface area contributed by atoms with E-state index in [0.29, 0.717) is 27.0 Å². The van der Waals surface area contributed by atoms with Gasteiger partial charge in [-0.05, 0) is 48.4 Å². The van der Waals surface area contributed by atoms with Gasteiger partial charge in [-0.15, -0.1) is 11.3 Å². The quantitative estimate of drug-likeness (QED) is 0.360. The van der Waals surface area contributed by atoms with Crippen LogP contribution in [0.5, 0.6) is 5.75 Å². The van der Waals surface area contributed by atoms with Gasteiger partial charge in [-0.1, -0.05) is 23.7 Å². The van der Waals surface area contributed by atoms with Gasteiger partial charge in [0.2, 0.25) is 0 Å². The minimum Gasteiger partial charge on any atom is -0.507 e. The van der Waals surface area contributed by atoms with Crippen LogP contribution in [0.15, 0.2) is 59.6 Å². The standard InChI is InChI=1S/C22H17ClN2O4S/c1-12-11-14(5-8-16(12)29-2)19(26)17-18(13-3-6-15(23)7-4-13)25(21(28)20(17)27)22-24-9-10-30-22/h3-11,18,26H,1-2H3/b19-17+. The largest absolute Gasteiger partial charge is 0.507 e. The molecule has 152 valence electrons. The Morgan fingerprint density at radius 2 is 1.93 bits per heavy atom. The van der Waals surface area contributed by atoms with E-state index in [1.54, 1.807) is 61.2 Å². The zero-order valence-corrected chi connectivity index (χ0v) is 17.7. The van der Waals surface area contributed by atoms with E-state index in [4.69, 9.17) is 16.3 Å². The zero-order chi connectivity index (χ0) is 21.4. The first-order valence-electron chi connectivity index (χ1n) is 9.03. The van der Waals surface area contributed by atoms with E-state index < -0.39 is 17.7 Å². The Morgan fingerprint density at radius 3 is 2.53 bits per heavy atom. The van der Waals surface area contributed by atoms with E-state index in [2.05, 4.69) is 4.98 Å². The van der Waals surface area contributed by atoms with Gasteiger partial charge in [0.15, 0.2) is 5.13 Å². The molecule has 0 aliphatic carbocycles. The predicted octanol–water partition coefficient (Wildman–Crippen LogP) is 4.74. The molecule has 2 aromatic carbocycles. The maximum Gasteiger partial charge on any atom is 0.301 e. The molecule has 3 aromatic rings. The smallest absolute Gasteiger partial charge is 0.301 e. The minimum atomic E-state index is -0.823. The summed E-state index contributed by atoms with van der Waals surface area (Å²) in [7, 11) is 1.56. The summed E-state index contributed by atoms with van der Waals surface area (Å²) in [4.78, 5) is 31.4. The molecule has 1 aliphatic rings. The fourth-order valence-corrected chi connectivity index (χ4v) is 4.30. The molecule has 1 amide bonds. The highest BCUT2D eigenvalue weighted by atomic mass is 35.5. The number of aromatic nitrogens is 1. The van der Waals surface area contributed by atoms with Crippen LogP contribution in [-0.2, 0) is 9.59 Å². The lowest BCUT2D eigenvalue weighted by Crippen LogP contribution is -2.29. The minimum absolute atomic E-state index is 0.00193. The van der Waals surface area contributed by atoms with Gasteiger partial charge >= 0.3 is 5.91 Å². The molecular weight excluding hydrogens is 424 g/mol. The third-order valence-electron chi connectivity index (χ3n) is 4.92. The number of methoxy groups -OCH3 is 1. The SMILES string of the molecule is COc1ccc(/C(O)=C2\C(=O)C(=O)N(c3nccs3)C2c2ccc(Cl)cc2)cc1C. The molecular formula is C22H17ClN2O4S. The number of hydrogen-bond donors (Lipinski definition) is 1. The van der Waals surface area contributed by atoms with Crippen LogP contribution in [0.4, 0.5) is 5.13 Å². The summed E-state index contributed by atoms with van der Waals surface area (Å²) in [6, 6.07) is 11.1. The summed E-state index contributed by atoms with van der Waals surface area (Å²) in [5.41, 5.74) is 1.85. The average molecular weight is 441 g/mol. The molecule has 4 rings (SSSR count). The van der Waals surface area contributed by atoms with Crippen LogP contribution in [0.1, 0.15) is 22.7 Å². The van der Waals surface area contributed by atoms with Gasteiger partial charge in [-0.25, -0.2) is 4.98 Å². The van der Waals surface area contributed by atoms with Crippen LogP contribution in [0, 0.1) is 6.92 Å². The molecule has 2 heterocycles. The summed E-state index contributed by atoms with van der Waals surface area (Å²) in [5.74, 6) is -1.10. The Balaban J connectivity index is 1.92. The van der Waals surface area contributed by atoms with Crippen molar-refractivity contribution in [3.63, 3.8) is 0 Å². The molecule has 1 aromatic heterocycles. The molecule has 0 radical (unpaired) electrons. The summed E-state index contributed by atoms with van der Waals surface area (Å²) < 4.78 is 5.26. The molecule has 0 bridgehead atoms. The van der Waals surface area contributed by atoms with E-state index in [1.165, 1.54) is 16.2 Å². The number of aliphatic hydroxyl groups is 1. The number of benzene rings is 2. The second-order valence-corrected chi connectivity index (χ2v) is 8.03. The molecule has 1 unspecified atom stereocenters. The van der Waals surface area contributed by atoms with Crippen LogP contribution in [0.2, 0.25) is 5.02 Å². The number of nitrogens with zero attached hydrogens (tertiary/aromatic N) is 2. The predicted molar refractivity (Wildman–Crippen MR) is 116 cm³/mol. The van der Waals surface area contributed by atoms with Crippen molar-refractivity contribution >= 4 is 45.5 Å². The van der Waals surface area contributed by atoms with Gasteiger partial charge < -0.3 is 9.84 Å². The van der Waals surface area contributed by atoms with Crippen molar-refractivity contribution in [2.45, 2.75) is 13.0 Å². The van der Waals surface area contributed by atoms with Crippen LogP contribution in [-0.4, -0.2) is 28.9 Å². The van der Waals surface area contributed by atoms with Crippen molar-refractivity contribution in [2.75, 3.05) is 12.0 Å². The number of aliphatic hydroxyl groups excluding tert-OH is 1. The van der Waals surface area contributed by atoms with Gasteiger partial charge in [0.25, 0.3) is 5.78 Å². The highest BCUT2D eigenvalue weighted by Gasteiger charge is 2.47. The number of ether oxygens (including phenoxy) is 1. The number of halogens is 1. The van der Waals surface area contributed by atoms with Gasteiger partial charge in [0.1, 0.15) is 11.5 Å². The van der Waals surface area contributed by atoms with Crippen LogP contribution < -0.4 is 9.64 Å². The lowest BCUT2D eigenvalue weighted by atomic mass is 9.95. The second-order valence-electron chi connectivity index (χ2n) is 6.72. The number of anilines is 1. The van der Waals surface area contributed by atoms with Gasteiger partial charge in [-0.3, -0.25) is 14.5 Å². The molecule has 8 heteroatoms. The number of carbonyl (C=O) groups is 2. The number of carbonyl (C=O) groups excluding carboxylic acids is 2.